The van der Waals surface area contributed by atoms with Gasteiger partial charge in [0, 0.05) is 24.8 Å². The average Bonchev–Trinajstić information content (AvgIpc) is 2.38. The van der Waals surface area contributed by atoms with Crippen LogP contribution < -0.4 is 11.1 Å². The summed E-state index contributed by atoms with van der Waals surface area (Å²) in [6.45, 7) is 0.555. The third-order valence-electron chi connectivity index (χ3n) is 3.70. The van der Waals surface area contributed by atoms with Gasteiger partial charge in [-0.3, -0.25) is 4.79 Å². The number of nitrogens with two attached hydrogens (primary N) is 1. The molecule has 1 amide bonds. The maximum atomic E-state index is 12.0. The van der Waals surface area contributed by atoms with Gasteiger partial charge in [0.15, 0.2) is 0 Å². The second kappa shape index (κ2) is 5.67. The van der Waals surface area contributed by atoms with Crippen molar-refractivity contribution in [3.05, 3.63) is 35.4 Å². The van der Waals surface area contributed by atoms with Gasteiger partial charge >= 0.3 is 0 Å². The highest BCUT2D eigenvalue weighted by Crippen LogP contribution is 2.34. The number of rotatable bonds is 5. The van der Waals surface area contributed by atoms with Crippen molar-refractivity contribution in [3.63, 3.8) is 0 Å². The van der Waals surface area contributed by atoms with E-state index in [0.717, 1.165) is 24.8 Å². The van der Waals surface area contributed by atoms with E-state index in [-0.39, 0.29) is 11.5 Å². The molecule has 19 heavy (non-hydrogen) atoms. The van der Waals surface area contributed by atoms with Crippen LogP contribution >= 0.6 is 12.2 Å². The number of benzene rings is 1. The molecule has 1 fully saturated rings. The van der Waals surface area contributed by atoms with E-state index in [1.54, 1.807) is 31.4 Å². The van der Waals surface area contributed by atoms with Crippen LogP contribution in [0.4, 0.5) is 0 Å². The summed E-state index contributed by atoms with van der Waals surface area (Å²) < 4.78 is 5.46. The van der Waals surface area contributed by atoms with E-state index in [2.05, 4.69) is 5.32 Å². The molecule has 0 atom stereocenters. The minimum Gasteiger partial charge on any atom is -0.389 e. The molecule has 0 aromatic heterocycles. The second-order valence-corrected chi connectivity index (χ2v) is 5.30. The molecule has 0 radical (unpaired) electrons. The van der Waals surface area contributed by atoms with Crippen LogP contribution in [-0.4, -0.2) is 30.2 Å². The van der Waals surface area contributed by atoms with Crippen LogP contribution in [0.2, 0.25) is 0 Å². The Balaban J connectivity index is 1.94. The van der Waals surface area contributed by atoms with Crippen LogP contribution in [0.15, 0.2) is 24.3 Å². The van der Waals surface area contributed by atoms with Crippen molar-refractivity contribution in [2.45, 2.75) is 24.9 Å². The van der Waals surface area contributed by atoms with E-state index in [0.29, 0.717) is 17.1 Å². The first-order valence-corrected chi connectivity index (χ1v) is 6.70. The van der Waals surface area contributed by atoms with Gasteiger partial charge in [-0.25, -0.2) is 0 Å². The summed E-state index contributed by atoms with van der Waals surface area (Å²) in [5.41, 5.74) is 6.72. The smallest absolute Gasteiger partial charge is 0.251 e. The second-order valence-electron chi connectivity index (χ2n) is 4.86. The average molecular weight is 278 g/mol. The predicted molar refractivity (Wildman–Crippen MR) is 78.3 cm³/mol. The first-order chi connectivity index (χ1) is 9.06. The third kappa shape index (κ3) is 3.11. The van der Waals surface area contributed by atoms with Gasteiger partial charge in [0.2, 0.25) is 0 Å². The third-order valence-corrected chi connectivity index (χ3v) is 3.94. The molecule has 0 bridgehead atoms. The van der Waals surface area contributed by atoms with Crippen molar-refractivity contribution in [2.24, 2.45) is 5.73 Å². The lowest BCUT2D eigenvalue weighted by Crippen LogP contribution is -2.49. The molecule has 0 aliphatic heterocycles. The highest BCUT2D eigenvalue weighted by Gasteiger charge is 2.37. The van der Waals surface area contributed by atoms with E-state index in [1.807, 2.05) is 0 Å². The number of carbonyl (C=O) groups excluding carboxylic acids is 1. The quantitative estimate of drug-likeness (QED) is 0.803. The highest BCUT2D eigenvalue weighted by molar-refractivity contribution is 7.80. The number of hydrogen-bond donors (Lipinski definition) is 2. The lowest BCUT2D eigenvalue weighted by molar-refractivity contribution is -0.0679. The van der Waals surface area contributed by atoms with Gasteiger partial charge in [0.05, 0.1) is 5.60 Å². The van der Waals surface area contributed by atoms with Crippen molar-refractivity contribution in [1.29, 1.82) is 0 Å². The van der Waals surface area contributed by atoms with Gasteiger partial charge in [-0.2, -0.15) is 0 Å². The minimum absolute atomic E-state index is 0.0992. The maximum Gasteiger partial charge on any atom is 0.251 e. The number of methoxy groups -OCH3 is 1. The topological polar surface area (TPSA) is 64.3 Å². The lowest BCUT2D eigenvalue weighted by atomic mass is 9.80. The van der Waals surface area contributed by atoms with E-state index in [4.69, 9.17) is 22.7 Å². The number of thiocarbonyl (C=S) groups is 1. The zero-order chi connectivity index (χ0) is 13.9. The number of carbonyl (C=O) groups is 1. The zero-order valence-corrected chi connectivity index (χ0v) is 11.8. The van der Waals surface area contributed by atoms with E-state index < -0.39 is 0 Å². The Bertz CT molecular complexity index is 475. The molecule has 3 N–H and O–H groups in total. The van der Waals surface area contributed by atoms with E-state index in [9.17, 15) is 4.79 Å². The highest BCUT2D eigenvalue weighted by atomic mass is 32.1. The molecular formula is C14H18N2O2S. The van der Waals surface area contributed by atoms with Gasteiger partial charge in [0.1, 0.15) is 4.99 Å². The van der Waals surface area contributed by atoms with Gasteiger partial charge in [-0.15, -0.1) is 0 Å². The molecule has 1 aliphatic carbocycles. The SMILES string of the molecule is COC1(CNC(=O)c2ccc(C(N)=S)cc2)CCC1. The Hall–Kier alpha value is -1.46. The minimum atomic E-state index is -0.158. The van der Waals surface area contributed by atoms with Crippen LogP contribution in [0.25, 0.3) is 0 Å². The maximum absolute atomic E-state index is 12.0. The summed E-state index contributed by atoms with van der Waals surface area (Å²) in [5, 5.41) is 2.91. The van der Waals surface area contributed by atoms with Gasteiger partial charge in [-0.1, -0.05) is 24.4 Å². The molecule has 0 unspecified atom stereocenters. The van der Waals surface area contributed by atoms with Crippen LogP contribution in [0.3, 0.4) is 0 Å². The molecule has 4 nitrogen and oxygen atoms in total. The molecule has 1 aromatic carbocycles. The van der Waals surface area contributed by atoms with Crippen molar-refractivity contribution in [1.82, 2.24) is 5.32 Å². The van der Waals surface area contributed by atoms with Gasteiger partial charge in [-0.05, 0) is 31.4 Å². The summed E-state index contributed by atoms with van der Waals surface area (Å²) in [5.74, 6) is -0.0992. The summed E-state index contributed by atoms with van der Waals surface area (Å²) in [4.78, 5) is 12.3. The molecule has 1 saturated carbocycles. The molecular weight excluding hydrogens is 260 g/mol. The first kappa shape index (κ1) is 14.0. The monoisotopic (exact) mass is 278 g/mol. The summed E-state index contributed by atoms with van der Waals surface area (Å²) >= 11 is 4.87. The molecule has 2 rings (SSSR count). The fourth-order valence-corrected chi connectivity index (χ4v) is 2.29. The zero-order valence-electron chi connectivity index (χ0n) is 10.9. The van der Waals surface area contributed by atoms with Crippen molar-refractivity contribution in [3.8, 4) is 0 Å². The summed E-state index contributed by atoms with van der Waals surface area (Å²) in [6, 6.07) is 6.97. The Morgan fingerprint density at radius 1 is 1.37 bits per heavy atom. The van der Waals surface area contributed by atoms with E-state index >= 15 is 0 Å². The molecule has 1 aliphatic rings. The molecule has 0 heterocycles. The molecule has 102 valence electrons. The summed E-state index contributed by atoms with van der Waals surface area (Å²) in [6.07, 6.45) is 3.17. The number of ether oxygens (including phenoxy) is 1. The Morgan fingerprint density at radius 3 is 2.37 bits per heavy atom. The molecule has 0 saturated heterocycles. The van der Waals surface area contributed by atoms with Crippen LogP contribution in [0.1, 0.15) is 35.2 Å². The van der Waals surface area contributed by atoms with E-state index in [1.165, 1.54) is 0 Å². The summed E-state index contributed by atoms with van der Waals surface area (Å²) in [7, 11) is 1.70. The van der Waals surface area contributed by atoms with Crippen molar-refractivity contribution in [2.75, 3.05) is 13.7 Å². The Kier molecular flexibility index (Phi) is 4.17. The van der Waals surface area contributed by atoms with Gasteiger partial charge < -0.3 is 15.8 Å². The van der Waals surface area contributed by atoms with Crippen molar-refractivity contribution < 1.29 is 9.53 Å². The lowest BCUT2D eigenvalue weighted by Gasteiger charge is -2.40. The molecule has 0 spiro atoms. The fraction of sp³-hybridized carbons (Fsp3) is 0.429. The first-order valence-electron chi connectivity index (χ1n) is 6.29. The molecule has 5 heteroatoms. The number of hydrogen-bond acceptors (Lipinski definition) is 3. The Morgan fingerprint density at radius 2 is 1.95 bits per heavy atom. The molecule has 1 aromatic rings. The van der Waals surface area contributed by atoms with Crippen LogP contribution in [0.5, 0.6) is 0 Å². The van der Waals surface area contributed by atoms with Crippen LogP contribution in [0, 0.1) is 0 Å². The normalized spacial score (nSPS) is 16.5. The Labute approximate surface area is 118 Å². The fourth-order valence-electron chi connectivity index (χ4n) is 2.15. The van der Waals surface area contributed by atoms with Crippen LogP contribution in [-0.2, 0) is 4.74 Å². The predicted octanol–water partition coefficient (Wildman–Crippen LogP) is 1.62. The van der Waals surface area contributed by atoms with Crippen molar-refractivity contribution >= 4 is 23.1 Å². The largest absolute Gasteiger partial charge is 0.389 e. The number of amides is 1. The standard InChI is InChI=1S/C14H18N2O2S/c1-18-14(7-2-8-14)9-16-13(17)11-5-3-10(4-6-11)12(15)19/h3-6H,2,7-9H2,1H3,(H2,15,19)(H,16,17). The number of nitrogens with one attached hydrogen (secondary N) is 1. The van der Waals surface area contributed by atoms with Gasteiger partial charge in [0.25, 0.3) is 5.91 Å².